The van der Waals surface area contributed by atoms with Crippen molar-refractivity contribution in [3.8, 4) is 11.5 Å². The second-order valence-electron chi connectivity index (χ2n) is 6.47. The van der Waals surface area contributed by atoms with E-state index in [0.29, 0.717) is 18.4 Å². The van der Waals surface area contributed by atoms with E-state index in [-0.39, 0.29) is 43.3 Å². The van der Waals surface area contributed by atoms with Crippen LogP contribution in [-0.2, 0) is 30.5 Å². The van der Waals surface area contributed by atoms with Gasteiger partial charge in [0.1, 0.15) is 30.0 Å². The second kappa shape index (κ2) is 10.3. The predicted molar refractivity (Wildman–Crippen MR) is 103 cm³/mol. The van der Waals surface area contributed by atoms with Crippen LogP contribution in [-0.4, -0.2) is 11.4 Å². The number of carbonyl (C=O) groups is 1. The zero-order valence-electron chi connectivity index (χ0n) is 15.3. The number of rotatable bonds is 8. The minimum atomic E-state index is -4.77. The van der Waals surface area contributed by atoms with Gasteiger partial charge in [0.2, 0.25) is 0 Å². The molecule has 0 aliphatic rings. The van der Waals surface area contributed by atoms with E-state index >= 15 is 0 Å². The SMILES string of the molecule is CC(CC=O)Cc1ccc(OCc2ccc(CN)cc2)c(C(F)(F)F)c1O.Cl. The van der Waals surface area contributed by atoms with Crippen LogP contribution in [0.5, 0.6) is 11.5 Å². The first-order valence-electron chi connectivity index (χ1n) is 8.52. The molecule has 2 rings (SSSR count). The molecule has 0 amide bonds. The highest BCUT2D eigenvalue weighted by molar-refractivity contribution is 5.85. The Bertz CT molecular complexity index is 780. The number of aldehydes is 1. The molecule has 2 aromatic carbocycles. The van der Waals surface area contributed by atoms with Crippen LogP contribution < -0.4 is 10.5 Å². The summed E-state index contributed by atoms with van der Waals surface area (Å²) in [4.78, 5) is 10.6. The fourth-order valence-electron chi connectivity index (χ4n) is 2.73. The predicted octanol–water partition coefficient (Wildman–Crippen LogP) is 4.64. The maximum absolute atomic E-state index is 13.5. The van der Waals surface area contributed by atoms with Crippen LogP contribution in [0.3, 0.4) is 0 Å². The quantitative estimate of drug-likeness (QED) is 0.614. The van der Waals surface area contributed by atoms with Gasteiger partial charge in [0.25, 0.3) is 0 Å². The Morgan fingerprint density at radius 3 is 2.29 bits per heavy atom. The van der Waals surface area contributed by atoms with Crippen LogP contribution in [0.1, 0.15) is 35.6 Å². The fraction of sp³-hybridized carbons (Fsp3) is 0.350. The average molecular weight is 418 g/mol. The molecular formula is C20H23ClF3NO3. The number of hydrogen-bond donors (Lipinski definition) is 2. The standard InChI is InChI=1S/C20H22F3NO3.ClH/c1-13(8-9-25)10-16-6-7-17(18(19(16)26)20(21,22)23)27-12-15-4-2-14(11-24)3-5-15;/h2-7,9,13,26H,8,10-12,24H2,1H3;1H. The van der Waals surface area contributed by atoms with E-state index in [4.69, 9.17) is 10.5 Å². The van der Waals surface area contributed by atoms with E-state index in [9.17, 15) is 23.1 Å². The molecule has 154 valence electrons. The van der Waals surface area contributed by atoms with Gasteiger partial charge in [0.05, 0.1) is 0 Å². The van der Waals surface area contributed by atoms with Crippen LogP contribution in [0.15, 0.2) is 36.4 Å². The molecule has 0 aromatic heterocycles. The van der Waals surface area contributed by atoms with Gasteiger partial charge in [0, 0.05) is 13.0 Å². The third-order valence-corrected chi connectivity index (χ3v) is 4.23. The Morgan fingerprint density at radius 2 is 1.75 bits per heavy atom. The van der Waals surface area contributed by atoms with Crippen molar-refractivity contribution in [2.45, 2.75) is 39.1 Å². The average Bonchev–Trinajstić information content (AvgIpc) is 2.61. The summed E-state index contributed by atoms with van der Waals surface area (Å²) < 4.78 is 45.8. The Balaban J connectivity index is 0.00000392. The van der Waals surface area contributed by atoms with Crippen molar-refractivity contribution in [2.24, 2.45) is 11.7 Å². The van der Waals surface area contributed by atoms with Crippen molar-refractivity contribution in [3.63, 3.8) is 0 Å². The van der Waals surface area contributed by atoms with Crippen LogP contribution in [0.2, 0.25) is 0 Å². The molecule has 2 aromatic rings. The summed E-state index contributed by atoms with van der Waals surface area (Å²) in [5.74, 6) is -1.46. The highest BCUT2D eigenvalue weighted by Gasteiger charge is 2.39. The zero-order chi connectivity index (χ0) is 20.0. The molecule has 0 heterocycles. The lowest BCUT2D eigenvalue weighted by atomic mass is 9.95. The molecule has 0 radical (unpaired) electrons. The van der Waals surface area contributed by atoms with Gasteiger partial charge in [-0.2, -0.15) is 13.2 Å². The Hall–Kier alpha value is -2.25. The van der Waals surface area contributed by atoms with Crippen molar-refractivity contribution in [3.05, 3.63) is 58.7 Å². The van der Waals surface area contributed by atoms with Gasteiger partial charge >= 0.3 is 6.18 Å². The van der Waals surface area contributed by atoms with Crippen LogP contribution in [0, 0.1) is 5.92 Å². The number of ether oxygens (including phenoxy) is 1. The van der Waals surface area contributed by atoms with E-state index in [0.717, 1.165) is 5.56 Å². The van der Waals surface area contributed by atoms with Crippen LogP contribution in [0.4, 0.5) is 13.2 Å². The summed E-state index contributed by atoms with van der Waals surface area (Å²) in [6.45, 7) is 2.03. The summed E-state index contributed by atoms with van der Waals surface area (Å²) in [5, 5.41) is 10.2. The van der Waals surface area contributed by atoms with Crippen LogP contribution in [0.25, 0.3) is 0 Å². The number of alkyl halides is 3. The number of nitrogens with two attached hydrogens (primary N) is 1. The number of benzene rings is 2. The Kier molecular flexibility index (Phi) is 8.78. The first-order valence-corrected chi connectivity index (χ1v) is 8.52. The van der Waals surface area contributed by atoms with E-state index in [1.807, 2.05) is 0 Å². The number of aromatic hydroxyl groups is 1. The van der Waals surface area contributed by atoms with Gasteiger partial charge in [-0.1, -0.05) is 37.3 Å². The topological polar surface area (TPSA) is 72.5 Å². The third-order valence-electron chi connectivity index (χ3n) is 4.23. The number of phenolic OH excluding ortho intramolecular Hbond substituents is 1. The van der Waals surface area contributed by atoms with Crippen molar-refractivity contribution in [2.75, 3.05) is 0 Å². The summed E-state index contributed by atoms with van der Waals surface area (Å²) in [6.07, 6.45) is -3.70. The lowest BCUT2D eigenvalue weighted by molar-refractivity contribution is -0.140. The molecule has 1 atom stereocenters. The van der Waals surface area contributed by atoms with E-state index in [1.165, 1.54) is 12.1 Å². The molecule has 3 N–H and O–H groups in total. The summed E-state index contributed by atoms with van der Waals surface area (Å²) in [7, 11) is 0. The fourth-order valence-corrected chi connectivity index (χ4v) is 2.73. The summed E-state index contributed by atoms with van der Waals surface area (Å²) in [5.41, 5.74) is 6.04. The number of carbonyl (C=O) groups excluding carboxylic acids is 1. The van der Waals surface area contributed by atoms with Crippen LogP contribution >= 0.6 is 12.4 Å². The smallest absolute Gasteiger partial charge is 0.423 e. The molecule has 28 heavy (non-hydrogen) atoms. The Morgan fingerprint density at radius 1 is 1.14 bits per heavy atom. The van der Waals surface area contributed by atoms with Crippen molar-refractivity contribution < 1.29 is 27.8 Å². The van der Waals surface area contributed by atoms with Crippen molar-refractivity contribution >= 4 is 18.7 Å². The number of halogens is 4. The van der Waals surface area contributed by atoms with E-state index < -0.39 is 23.2 Å². The molecule has 1 unspecified atom stereocenters. The van der Waals surface area contributed by atoms with Gasteiger partial charge in [-0.05, 0) is 35.1 Å². The molecule has 0 fully saturated rings. The maximum atomic E-state index is 13.5. The molecule has 0 aliphatic carbocycles. The first-order chi connectivity index (χ1) is 12.8. The van der Waals surface area contributed by atoms with Gasteiger partial charge in [-0.15, -0.1) is 12.4 Å². The number of hydrogen-bond acceptors (Lipinski definition) is 4. The lowest BCUT2D eigenvalue weighted by Crippen LogP contribution is -2.11. The maximum Gasteiger partial charge on any atom is 0.423 e. The van der Waals surface area contributed by atoms with E-state index in [2.05, 4.69) is 0 Å². The molecule has 0 saturated heterocycles. The van der Waals surface area contributed by atoms with Gasteiger partial charge < -0.3 is 20.4 Å². The largest absolute Gasteiger partial charge is 0.507 e. The first kappa shape index (κ1) is 23.8. The zero-order valence-corrected chi connectivity index (χ0v) is 16.1. The van der Waals surface area contributed by atoms with Crippen molar-refractivity contribution in [1.82, 2.24) is 0 Å². The lowest BCUT2D eigenvalue weighted by Gasteiger charge is -2.19. The molecule has 8 heteroatoms. The van der Waals surface area contributed by atoms with Gasteiger partial charge in [0.15, 0.2) is 0 Å². The molecule has 0 spiro atoms. The monoisotopic (exact) mass is 417 g/mol. The highest BCUT2D eigenvalue weighted by Crippen LogP contribution is 2.44. The molecule has 4 nitrogen and oxygen atoms in total. The molecule has 0 saturated carbocycles. The molecule has 0 bridgehead atoms. The molecular weight excluding hydrogens is 395 g/mol. The third kappa shape index (κ3) is 6.14. The summed E-state index contributed by atoms with van der Waals surface area (Å²) >= 11 is 0. The minimum absolute atomic E-state index is 0. The number of phenols is 1. The molecule has 0 aliphatic heterocycles. The van der Waals surface area contributed by atoms with Gasteiger partial charge in [-0.25, -0.2) is 0 Å². The summed E-state index contributed by atoms with van der Waals surface area (Å²) in [6, 6.07) is 9.62. The Labute approximate surface area is 167 Å². The van der Waals surface area contributed by atoms with E-state index in [1.54, 1.807) is 31.2 Å². The minimum Gasteiger partial charge on any atom is -0.507 e. The second-order valence-corrected chi connectivity index (χ2v) is 6.47. The van der Waals surface area contributed by atoms with Gasteiger partial charge in [-0.3, -0.25) is 0 Å². The normalized spacial score (nSPS) is 12.2. The van der Waals surface area contributed by atoms with Crippen molar-refractivity contribution in [1.29, 1.82) is 0 Å². The highest BCUT2D eigenvalue weighted by atomic mass is 35.5.